The topological polar surface area (TPSA) is 21.8 Å². The van der Waals surface area contributed by atoms with Crippen LogP contribution in [0.25, 0.3) is 0 Å². The number of halogens is 1. The third-order valence-corrected chi connectivity index (χ3v) is 0.802. The normalized spacial score (nSPS) is 19.9. The number of rotatable bonds is 3. The molecule has 1 unspecified atom stereocenters. The lowest BCUT2D eigenvalue weighted by molar-refractivity contribution is 0.213. The molecule has 1 aliphatic heterocycles. The van der Waals surface area contributed by atoms with Crippen LogP contribution in [0.4, 0.5) is 0 Å². The molecule has 10 heavy (non-hydrogen) atoms. The van der Waals surface area contributed by atoms with Crippen LogP contribution in [0.3, 0.4) is 0 Å². The van der Waals surface area contributed by atoms with E-state index in [0.29, 0.717) is 12.7 Å². The fourth-order valence-corrected chi connectivity index (χ4v) is 0.340. The Balaban J connectivity index is 0.000000236. The van der Waals surface area contributed by atoms with Gasteiger partial charge in [-0.15, -0.1) is 0 Å². The van der Waals surface area contributed by atoms with E-state index in [1.54, 1.807) is 0 Å². The highest BCUT2D eigenvalue weighted by Crippen LogP contribution is 2.07. The zero-order valence-electron chi connectivity index (χ0n) is 5.75. The summed E-state index contributed by atoms with van der Waals surface area (Å²) in [5.74, 6) is 0. The SMILES string of the molecule is C=CCl.C=COCC1CO1. The van der Waals surface area contributed by atoms with Crippen LogP contribution in [0.5, 0.6) is 0 Å². The molecular formula is C7H11ClO2. The molecule has 0 spiro atoms. The molecule has 1 saturated heterocycles. The van der Waals surface area contributed by atoms with E-state index in [-0.39, 0.29) is 0 Å². The van der Waals surface area contributed by atoms with Crippen molar-refractivity contribution in [3.05, 3.63) is 25.0 Å². The van der Waals surface area contributed by atoms with E-state index in [1.165, 1.54) is 11.8 Å². The molecule has 2 nitrogen and oxygen atoms in total. The molecule has 1 rings (SSSR count). The fourth-order valence-electron chi connectivity index (χ4n) is 0.340. The molecule has 0 aromatic carbocycles. The van der Waals surface area contributed by atoms with Crippen molar-refractivity contribution in [1.29, 1.82) is 0 Å². The summed E-state index contributed by atoms with van der Waals surface area (Å²) in [6.07, 6.45) is 1.79. The lowest BCUT2D eigenvalue weighted by Gasteiger charge is -1.90. The Kier molecular flexibility index (Phi) is 6.33. The van der Waals surface area contributed by atoms with Crippen molar-refractivity contribution in [2.24, 2.45) is 0 Å². The first-order valence-electron chi connectivity index (χ1n) is 2.90. The first kappa shape index (κ1) is 9.53. The monoisotopic (exact) mass is 162 g/mol. The van der Waals surface area contributed by atoms with Crippen molar-refractivity contribution >= 4 is 11.6 Å². The molecule has 0 aromatic heterocycles. The molecule has 0 radical (unpaired) electrons. The van der Waals surface area contributed by atoms with Crippen molar-refractivity contribution in [2.75, 3.05) is 13.2 Å². The minimum atomic E-state index is 0.359. The molecule has 1 aliphatic rings. The lowest BCUT2D eigenvalue weighted by atomic mass is 10.5. The van der Waals surface area contributed by atoms with E-state index in [1.807, 2.05) is 0 Å². The third kappa shape index (κ3) is 7.53. The quantitative estimate of drug-likeness (QED) is 0.467. The van der Waals surface area contributed by atoms with Crippen molar-refractivity contribution in [1.82, 2.24) is 0 Å². The molecule has 3 heteroatoms. The van der Waals surface area contributed by atoms with Crippen LogP contribution in [0, 0.1) is 0 Å². The Morgan fingerprint density at radius 1 is 1.70 bits per heavy atom. The van der Waals surface area contributed by atoms with Gasteiger partial charge in [0, 0.05) is 0 Å². The standard InChI is InChI=1S/C5H8O2.C2H3Cl/c1-2-6-3-5-4-7-5;1-2-3/h2,5H,1,3-4H2;2H,1H2. The van der Waals surface area contributed by atoms with E-state index in [4.69, 9.17) is 21.1 Å². The third-order valence-electron chi connectivity index (χ3n) is 0.802. The van der Waals surface area contributed by atoms with Gasteiger partial charge in [-0.3, -0.25) is 0 Å². The van der Waals surface area contributed by atoms with Crippen LogP contribution >= 0.6 is 11.6 Å². The number of hydrogen-bond donors (Lipinski definition) is 0. The van der Waals surface area contributed by atoms with Gasteiger partial charge in [-0.25, -0.2) is 0 Å². The van der Waals surface area contributed by atoms with Gasteiger partial charge >= 0.3 is 0 Å². The van der Waals surface area contributed by atoms with Crippen LogP contribution in [-0.4, -0.2) is 19.3 Å². The minimum absolute atomic E-state index is 0.359. The van der Waals surface area contributed by atoms with Gasteiger partial charge in [0.15, 0.2) is 0 Å². The average molecular weight is 163 g/mol. The first-order chi connectivity index (χ1) is 4.85. The van der Waals surface area contributed by atoms with Gasteiger partial charge in [0.1, 0.15) is 12.7 Å². The molecule has 1 heterocycles. The summed E-state index contributed by atoms with van der Waals surface area (Å²) in [6, 6.07) is 0. The summed E-state index contributed by atoms with van der Waals surface area (Å²) in [5, 5.41) is 0. The van der Waals surface area contributed by atoms with Gasteiger partial charge in [-0.05, 0) is 5.54 Å². The van der Waals surface area contributed by atoms with Gasteiger partial charge in [-0.2, -0.15) is 0 Å². The molecule has 0 amide bonds. The van der Waals surface area contributed by atoms with E-state index in [2.05, 4.69) is 13.2 Å². The summed E-state index contributed by atoms with van der Waals surface area (Å²) in [5.41, 5.74) is 1.22. The van der Waals surface area contributed by atoms with Crippen molar-refractivity contribution in [3.63, 3.8) is 0 Å². The van der Waals surface area contributed by atoms with Crippen molar-refractivity contribution < 1.29 is 9.47 Å². The fraction of sp³-hybridized carbons (Fsp3) is 0.429. The van der Waals surface area contributed by atoms with Gasteiger partial charge in [-0.1, -0.05) is 24.8 Å². The van der Waals surface area contributed by atoms with Gasteiger partial charge in [0.25, 0.3) is 0 Å². The molecule has 0 aromatic rings. The van der Waals surface area contributed by atoms with Crippen LogP contribution in [-0.2, 0) is 9.47 Å². The predicted molar refractivity (Wildman–Crippen MR) is 41.9 cm³/mol. The minimum Gasteiger partial charge on any atom is -0.499 e. The lowest BCUT2D eigenvalue weighted by Crippen LogP contribution is -1.94. The maximum Gasteiger partial charge on any atom is 0.116 e. The number of ether oxygens (including phenoxy) is 2. The van der Waals surface area contributed by atoms with Gasteiger partial charge < -0.3 is 9.47 Å². The van der Waals surface area contributed by atoms with Crippen LogP contribution in [0.1, 0.15) is 0 Å². The van der Waals surface area contributed by atoms with Crippen LogP contribution in [0.15, 0.2) is 25.0 Å². The Labute approximate surface area is 66.1 Å². The highest BCUT2D eigenvalue weighted by molar-refractivity contribution is 6.25. The van der Waals surface area contributed by atoms with Crippen LogP contribution in [0.2, 0.25) is 0 Å². The summed E-state index contributed by atoms with van der Waals surface area (Å²) in [6.45, 7) is 8.03. The van der Waals surface area contributed by atoms with Gasteiger partial charge in [0.2, 0.25) is 0 Å². The summed E-state index contributed by atoms with van der Waals surface area (Å²) in [7, 11) is 0. The van der Waals surface area contributed by atoms with E-state index in [0.717, 1.165) is 6.61 Å². The second-order valence-corrected chi connectivity index (χ2v) is 1.92. The summed E-state index contributed by atoms with van der Waals surface area (Å²) >= 11 is 4.76. The molecule has 0 saturated carbocycles. The Bertz CT molecular complexity index is 99.8. The highest BCUT2D eigenvalue weighted by atomic mass is 35.5. The second-order valence-electron chi connectivity index (χ2n) is 1.61. The van der Waals surface area contributed by atoms with Crippen molar-refractivity contribution in [3.8, 4) is 0 Å². The zero-order valence-corrected chi connectivity index (χ0v) is 6.51. The smallest absolute Gasteiger partial charge is 0.116 e. The Hall–Kier alpha value is -0.470. The average Bonchev–Trinajstić information content (AvgIpc) is 2.68. The predicted octanol–water partition coefficient (Wildman–Crippen LogP) is 1.91. The van der Waals surface area contributed by atoms with E-state index < -0.39 is 0 Å². The van der Waals surface area contributed by atoms with Gasteiger partial charge in [0.05, 0.1) is 12.9 Å². The largest absolute Gasteiger partial charge is 0.499 e. The highest BCUT2D eigenvalue weighted by Gasteiger charge is 2.21. The van der Waals surface area contributed by atoms with Crippen LogP contribution < -0.4 is 0 Å². The summed E-state index contributed by atoms with van der Waals surface area (Å²) < 4.78 is 9.63. The second kappa shape index (κ2) is 6.65. The van der Waals surface area contributed by atoms with E-state index in [9.17, 15) is 0 Å². The molecule has 0 aliphatic carbocycles. The molecule has 1 atom stereocenters. The summed E-state index contributed by atoms with van der Waals surface area (Å²) in [4.78, 5) is 0. The van der Waals surface area contributed by atoms with E-state index >= 15 is 0 Å². The molecule has 58 valence electrons. The van der Waals surface area contributed by atoms with Crippen molar-refractivity contribution in [2.45, 2.75) is 6.10 Å². The Morgan fingerprint density at radius 3 is 2.50 bits per heavy atom. The number of epoxide rings is 1. The molecule has 1 fully saturated rings. The number of hydrogen-bond acceptors (Lipinski definition) is 2. The zero-order chi connectivity index (χ0) is 7.82. The molecule has 0 N–H and O–H groups in total. The first-order valence-corrected chi connectivity index (χ1v) is 3.34. The molecule has 0 bridgehead atoms. The maximum atomic E-state index is 4.84. The maximum absolute atomic E-state index is 4.84. The Morgan fingerprint density at radius 2 is 2.20 bits per heavy atom. The molecular weight excluding hydrogens is 152 g/mol.